The molecule has 1 aromatic heterocycles. The zero-order valence-corrected chi connectivity index (χ0v) is 16.2. The lowest BCUT2D eigenvalue weighted by atomic mass is 9.81. The topological polar surface area (TPSA) is 51.4 Å². The van der Waals surface area contributed by atoms with Crippen LogP contribution >= 0.6 is 11.6 Å². The number of benzene rings is 1. The Bertz CT molecular complexity index is 883. The van der Waals surface area contributed by atoms with Gasteiger partial charge in [-0.25, -0.2) is 4.79 Å². The van der Waals surface area contributed by atoms with Crippen LogP contribution in [0, 0.1) is 0 Å². The summed E-state index contributed by atoms with van der Waals surface area (Å²) < 4.78 is 0. The van der Waals surface area contributed by atoms with Crippen molar-refractivity contribution in [3.8, 4) is 0 Å². The highest BCUT2D eigenvalue weighted by molar-refractivity contribution is 6.32. The summed E-state index contributed by atoms with van der Waals surface area (Å²) in [4.78, 5) is 19.9. The zero-order chi connectivity index (χ0) is 18.4. The second-order valence-electron chi connectivity index (χ2n) is 7.16. The first-order chi connectivity index (χ1) is 12.5. The van der Waals surface area contributed by atoms with Gasteiger partial charge >= 0.3 is 6.03 Å². The lowest BCUT2D eigenvalue weighted by molar-refractivity contribution is 0.193. The van der Waals surface area contributed by atoms with Crippen molar-refractivity contribution in [3.05, 3.63) is 40.6 Å². The Balaban J connectivity index is 1.72. The maximum atomic E-state index is 12.5. The molecule has 2 aliphatic rings. The van der Waals surface area contributed by atoms with E-state index in [1.165, 1.54) is 22.1 Å². The number of urea groups is 1. The van der Waals surface area contributed by atoms with E-state index in [2.05, 4.69) is 46.5 Å². The third-order valence-corrected chi connectivity index (χ3v) is 6.02. The van der Waals surface area contributed by atoms with E-state index < -0.39 is 0 Å². The molecule has 4 rings (SSSR count). The highest BCUT2D eigenvalue weighted by Crippen LogP contribution is 2.42. The number of likely N-dealkylation sites (N-methyl/N-ethyl adjacent to an activating group) is 1. The van der Waals surface area contributed by atoms with Crippen molar-refractivity contribution < 1.29 is 4.79 Å². The number of H-pyrrole nitrogens is 1. The summed E-state index contributed by atoms with van der Waals surface area (Å²) in [6.45, 7) is 6.24. The molecule has 0 bridgehead atoms. The first kappa shape index (κ1) is 17.4. The monoisotopic (exact) mass is 372 g/mol. The van der Waals surface area contributed by atoms with Crippen molar-refractivity contribution in [1.82, 2.24) is 20.1 Å². The molecule has 0 saturated carbocycles. The second-order valence-corrected chi connectivity index (χ2v) is 7.53. The number of halogens is 1. The predicted octanol–water partition coefficient (Wildman–Crippen LogP) is 3.49. The quantitative estimate of drug-likeness (QED) is 0.866. The van der Waals surface area contributed by atoms with Gasteiger partial charge in [0, 0.05) is 36.6 Å². The normalized spacial score (nSPS) is 22.1. The molecule has 1 aliphatic heterocycles. The number of rotatable bonds is 3. The summed E-state index contributed by atoms with van der Waals surface area (Å²) in [5.74, 6) is 0. The summed E-state index contributed by atoms with van der Waals surface area (Å²) in [6, 6.07) is 6.60. The summed E-state index contributed by atoms with van der Waals surface area (Å²) in [5, 5.41) is 5.15. The molecule has 138 valence electrons. The average molecular weight is 373 g/mol. The summed E-state index contributed by atoms with van der Waals surface area (Å²) in [7, 11) is 2.12. The van der Waals surface area contributed by atoms with Gasteiger partial charge in [-0.1, -0.05) is 29.8 Å². The third-order valence-electron chi connectivity index (χ3n) is 5.70. The summed E-state index contributed by atoms with van der Waals surface area (Å²) >= 11 is 6.46. The van der Waals surface area contributed by atoms with Gasteiger partial charge in [0.2, 0.25) is 0 Å². The molecule has 2 heterocycles. The average Bonchev–Trinajstić information content (AvgIpc) is 2.94. The second kappa shape index (κ2) is 6.63. The largest absolute Gasteiger partial charge is 0.345 e. The van der Waals surface area contributed by atoms with Gasteiger partial charge in [0.15, 0.2) is 0 Å². The minimum absolute atomic E-state index is 0.00287. The fourth-order valence-corrected chi connectivity index (χ4v) is 4.62. The van der Waals surface area contributed by atoms with Gasteiger partial charge in [-0.3, -0.25) is 4.90 Å². The standard InChI is InChI=1S/C20H25ClN4O/c1-4-25(5-2)20(26)22-12-9-14-13-7-6-8-16-18(13)15(19(21)23-16)10-17(14)24(3)11-12/h6-9,12,17,23H,4-5,10-11H2,1-3H3,(H,22,26). The molecule has 1 aliphatic carbocycles. The first-order valence-electron chi connectivity index (χ1n) is 9.30. The van der Waals surface area contributed by atoms with Gasteiger partial charge in [-0.2, -0.15) is 0 Å². The Morgan fingerprint density at radius 1 is 1.38 bits per heavy atom. The number of hydrogen-bond acceptors (Lipinski definition) is 2. The molecular weight excluding hydrogens is 348 g/mol. The van der Waals surface area contributed by atoms with Gasteiger partial charge in [-0.15, -0.1) is 0 Å². The molecule has 2 unspecified atom stereocenters. The van der Waals surface area contributed by atoms with Crippen LogP contribution in [0.25, 0.3) is 16.5 Å². The smallest absolute Gasteiger partial charge is 0.317 e. The van der Waals surface area contributed by atoms with Crippen molar-refractivity contribution in [2.24, 2.45) is 0 Å². The molecule has 2 aromatic rings. The highest BCUT2D eigenvalue weighted by atomic mass is 35.5. The van der Waals surface area contributed by atoms with Crippen molar-refractivity contribution >= 4 is 34.1 Å². The van der Waals surface area contributed by atoms with Crippen molar-refractivity contribution in [3.63, 3.8) is 0 Å². The van der Waals surface area contributed by atoms with Crippen molar-refractivity contribution in [2.75, 3.05) is 26.7 Å². The van der Waals surface area contributed by atoms with Crippen LogP contribution in [0.2, 0.25) is 5.15 Å². The van der Waals surface area contributed by atoms with Crippen LogP contribution in [-0.2, 0) is 6.42 Å². The van der Waals surface area contributed by atoms with E-state index >= 15 is 0 Å². The SMILES string of the molecule is CCN(CC)C(=O)NC1C=C2c3cccc4[nH]c(Cl)c(c34)CC2N(C)C1. The highest BCUT2D eigenvalue weighted by Gasteiger charge is 2.35. The number of aromatic nitrogens is 1. The van der Waals surface area contributed by atoms with E-state index in [9.17, 15) is 4.79 Å². The van der Waals surface area contributed by atoms with E-state index in [0.29, 0.717) is 19.1 Å². The van der Waals surface area contributed by atoms with Gasteiger partial charge in [0.1, 0.15) is 5.15 Å². The molecular formula is C20H25ClN4O. The van der Waals surface area contributed by atoms with Crippen LogP contribution in [0.5, 0.6) is 0 Å². The van der Waals surface area contributed by atoms with Crippen LogP contribution in [0.1, 0.15) is 25.0 Å². The Labute approximate surface area is 159 Å². The molecule has 2 N–H and O–H groups in total. The van der Waals surface area contributed by atoms with Crippen molar-refractivity contribution in [1.29, 1.82) is 0 Å². The van der Waals surface area contributed by atoms with E-state index in [4.69, 9.17) is 11.6 Å². The predicted molar refractivity (Wildman–Crippen MR) is 107 cm³/mol. The van der Waals surface area contributed by atoms with Gasteiger partial charge in [0.05, 0.1) is 6.04 Å². The summed E-state index contributed by atoms with van der Waals surface area (Å²) in [6.07, 6.45) is 3.14. The number of aromatic amines is 1. The molecule has 2 atom stereocenters. The number of amides is 2. The minimum atomic E-state index is 0.00287. The van der Waals surface area contributed by atoms with Gasteiger partial charge in [-0.05, 0) is 50.1 Å². The van der Waals surface area contributed by atoms with Crippen LogP contribution in [0.15, 0.2) is 24.3 Å². The Morgan fingerprint density at radius 3 is 2.88 bits per heavy atom. The molecule has 0 radical (unpaired) electrons. The number of nitrogens with zero attached hydrogens (tertiary/aromatic N) is 2. The fraction of sp³-hybridized carbons (Fsp3) is 0.450. The van der Waals surface area contributed by atoms with E-state index in [0.717, 1.165) is 23.6 Å². The molecule has 5 nitrogen and oxygen atoms in total. The van der Waals surface area contributed by atoms with Gasteiger partial charge < -0.3 is 15.2 Å². The minimum Gasteiger partial charge on any atom is -0.345 e. The van der Waals surface area contributed by atoms with E-state index in [1.807, 2.05) is 18.7 Å². The molecule has 6 heteroatoms. The molecule has 1 aromatic carbocycles. The molecule has 26 heavy (non-hydrogen) atoms. The molecule has 2 amide bonds. The Hall–Kier alpha value is -1.98. The van der Waals surface area contributed by atoms with Gasteiger partial charge in [0.25, 0.3) is 0 Å². The zero-order valence-electron chi connectivity index (χ0n) is 15.5. The summed E-state index contributed by atoms with van der Waals surface area (Å²) in [5.41, 5.74) is 4.80. The van der Waals surface area contributed by atoms with E-state index in [-0.39, 0.29) is 12.1 Å². The number of nitrogens with one attached hydrogen (secondary N) is 2. The van der Waals surface area contributed by atoms with Crippen LogP contribution < -0.4 is 5.32 Å². The number of carbonyl (C=O) groups excluding carboxylic acids is 1. The van der Waals surface area contributed by atoms with Crippen LogP contribution in [-0.4, -0.2) is 59.6 Å². The maximum Gasteiger partial charge on any atom is 0.317 e. The van der Waals surface area contributed by atoms with Crippen LogP contribution in [0.3, 0.4) is 0 Å². The maximum absolute atomic E-state index is 12.5. The molecule has 0 saturated heterocycles. The first-order valence-corrected chi connectivity index (χ1v) is 9.68. The number of carbonyl (C=O) groups is 1. The number of hydrogen-bond donors (Lipinski definition) is 2. The molecule has 0 fully saturated rings. The van der Waals surface area contributed by atoms with E-state index in [1.54, 1.807) is 0 Å². The third kappa shape index (κ3) is 2.70. The molecule has 0 spiro atoms. The Kier molecular flexibility index (Phi) is 4.45. The lowest BCUT2D eigenvalue weighted by Gasteiger charge is -2.40. The number of fused-ring (bicyclic) bond motifs is 2. The van der Waals surface area contributed by atoms with Crippen molar-refractivity contribution in [2.45, 2.75) is 32.4 Å². The fourth-order valence-electron chi connectivity index (χ4n) is 4.35. The van der Waals surface area contributed by atoms with Crippen LogP contribution in [0.4, 0.5) is 4.79 Å². The Morgan fingerprint density at radius 2 is 2.15 bits per heavy atom. The lowest BCUT2D eigenvalue weighted by Crippen LogP contribution is -2.52.